The molecule has 0 saturated heterocycles. The normalized spacial score (nSPS) is 12.6. The third kappa shape index (κ3) is 5.98. The van der Waals surface area contributed by atoms with Gasteiger partial charge in [-0.2, -0.15) is 0 Å². The third-order valence-electron chi connectivity index (χ3n) is 2.99. The summed E-state index contributed by atoms with van der Waals surface area (Å²) in [6.07, 6.45) is 1.34. The lowest BCUT2D eigenvalue weighted by Gasteiger charge is -2.24. The first-order chi connectivity index (χ1) is 9.73. The molecule has 0 bridgehead atoms. The van der Waals surface area contributed by atoms with Crippen molar-refractivity contribution in [1.82, 2.24) is 5.32 Å². The fourth-order valence-electron chi connectivity index (χ4n) is 2.01. The van der Waals surface area contributed by atoms with Gasteiger partial charge in [-0.3, -0.25) is 4.79 Å². The Kier molecular flexibility index (Phi) is 5.94. The molecule has 1 atom stereocenters. The van der Waals surface area contributed by atoms with Crippen LogP contribution in [0.15, 0.2) is 24.3 Å². The van der Waals surface area contributed by atoms with Crippen LogP contribution >= 0.6 is 0 Å². The van der Waals surface area contributed by atoms with E-state index in [1.54, 1.807) is 12.1 Å². The van der Waals surface area contributed by atoms with Crippen molar-refractivity contribution in [3.05, 3.63) is 35.4 Å². The Hall–Kier alpha value is -1.84. The SMILES string of the molecule is CCCC(NC(=O)OC(C)(C)C)c1ccc(C(C)=O)cc1. The topological polar surface area (TPSA) is 55.4 Å². The Morgan fingerprint density at radius 3 is 2.19 bits per heavy atom. The summed E-state index contributed by atoms with van der Waals surface area (Å²) >= 11 is 0. The molecule has 1 rings (SSSR count). The molecule has 116 valence electrons. The van der Waals surface area contributed by atoms with Crippen LogP contribution in [0.5, 0.6) is 0 Å². The van der Waals surface area contributed by atoms with Crippen molar-refractivity contribution in [3.63, 3.8) is 0 Å². The summed E-state index contributed by atoms with van der Waals surface area (Å²) < 4.78 is 5.29. The van der Waals surface area contributed by atoms with E-state index in [4.69, 9.17) is 4.74 Å². The largest absolute Gasteiger partial charge is 0.444 e. The Balaban J connectivity index is 2.81. The molecule has 4 heteroatoms. The minimum atomic E-state index is -0.515. The minimum absolute atomic E-state index is 0.0358. The molecule has 1 unspecified atom stereocenters. The van der Waals surface area contributed by atoms with E-state index in [0.29, 0.717) is 5.56 Å². The fraction of sp³-hybridized carbons (Fsp3) is 0.529. The second kappa shape index (κ2) is 7.25. The van der Waals surface area contributed by atoms with Gasteiger partial charge in [-0.15, -0.1) is 0 Å². The molecule has 0 heterocycles. The van der Waals surface area contributed by atoms with Crippen LogP contribution in [0.25, 0.3) is 0 Å². The predicted octanol–water partition coefficient (Wildman–Crippen LogP) is 4.26. The molecule has 0 saturated carbocycles. The molecule has 0 spiro atoms. The number of carbonyl (C=O) groups is 2. The number of hydrogen-bond acceptors (Lipinski definition) is 3. The van der Waals surface area contributed by atoms with Crippen molar-refractivity contribution in [3.8, 4) is 0 Å². The third-order valence-corrected chi connectivity index (χ3v) is 2.99. The fourth-order valence-corrected chi connectivity index (χ4v) is 2.01. The molecule has 0 aliphatic heterocycles. The van der Waals surface area contributed by atoms with E-state index in [1.165, 1.54) is 6.92 Å². The number of Topliss-reactive ketones (excluding diaryl/α,β-unsaturated/α-hetero) is 1. The zero-order chi connectivity index (χ0) is 16.0. The molecule has 0 aromatic heterocycles. The Morgan fingerprint density at radius 1 is 1.19 bits per heavy atom. The van der Waals surface area contributed by atoms with Crippen molar-refractivity contribution in [1.29, 1.82) is 0 Å². The second-order valence-corrected chi connectivity index (χ2v) is 6.17. The summed E-state index contributed by atoms with van der Waals surface area (Å²) in [5.74, 6) is 0.0358. The zero-order valence-electron chi connectivity index (χ0n) is 13.5. The number of nitrogens with one attached hydrogen (secondary N) is 1. The van der Waals surface area contributed by atoms with Gasteiger partial charge in [-0.05, 0) is 39.7 Å². The average molecular weight is 291 g/mol. The maximum atomic E-state index is 11.9. The Morgan fingerprint density at radius 2 is 1.76 bits per heavy atom. The van der Waals surface area contributed by atoms with Gasteiger partial charge in [-0.25, -0.2) is 4.79 Å². The number of benzene rings is 1. The number of rotatable bonds is 5. The van der Waals surface area contributed by atoms with Crippen LogP contribution in [-0.4, -0.2) is 17.5 Å². The lowest BCUT2D eigenvalue weighted by Crippen LogP contribution is -2.35. The predicted molar refractivity (Wildman–Crippen MR) is 83.5 cm³/mol. The molecule has 0 radical (unpaired) electrons. The monoisotopic (exact) mass is 291 g/mol. The number of hydrogen-bond donors (Lipinski definition) is 1. The maximum absolute atomic E-state index is 11.9. The van der Waals surface area contributed by atoms with E-state index in [1.807, 2.05) is 32.9 Å². The molecule has 0 fully saturated rings. The first-order valence-corrected chi connectivity index (χ1v) is 7.33. The van der Waals surface area contributed by atoms with Crippen molar-refractivity contribution in [2.45, 2.75) is 59.1 Å². The second-order valence-electron chi connectivity index (χ2n) is 6.17. The van der Waals surface area contributed by atoms with Crippen molar-refractivity contribution in [2.75, 3.05) is 0 Å². The summed E-state index contributed by atoms with van der Waals surface area (Å²) in [4.78, 5) is 23.2. The van der Waals surface area contributed by atoms with Crippen LogP contribution in [0, 0.1) is 0 Å². The molecule has 0 aliphatic rings. The number of ketones is 1. The highest BCUT2D eigenvalue weighted by atomic mass is 16.6. The van der Waals surface area contributed by atoms with Gasteiger partial charge in [0.25, 0.3) is 0 Å². The van der Waals surface area contributed by atoms with Crippen LogP contribution < -0.4 is 5.32 Å². The summed E-state index contributed by atoms with van der Waals surface area (Å²) in [5.41, 5.74) is 1.14. The van der Waals surface area contributed by atoms with Gasteiger partial charge in [0, 0.05) is 5.56 Å². The lowest BCUT2D eigenvalue weighted by molar-refractivity contribution is 0.0500. The zero-order valence-corrected chi connectivity index (χ0v) is 13.5. The van der Waals surface area contributed by atoms with Crippen LogP contribution in [0.1, 0.15) is 69.4 Å². The van der Waals surface area contributed by atoms with Crippen molar-refractivity contribution in [2.24, 2.45) is 0 Å². The van der Waals surface area contributed by atoms with E-state index in [2.05, 4.69) is 12.2 Å². The summed E-state index contributed by atoms with van der Waals surface area (Å²) in [7, 11) is 0. The van der Waals surface area contributed by atoms with Gasteiger partial charge >= 0.3 is 6.09 Å². The first-order valence-electron chi connectivity index (χ1n) is 7.33. The van der Waals surface area contributed by atoms with Gasteiger partial charge in [0.15, 0.2) is 5.78 Å². The summed E-state index contributed by atoms with van der Waals surface area (Å²) in [5, 5.41) is 2.89. The summed E-state index contributed by atoms with van der Waals surface area (Å²) in [6.45, 7) is 9.11. The number of ether oxygens (including phenoxy) is 1. The smallest absolute Gasteiger partial charge is 0.408 e. The van der Waals surface area contributed by atoms with Crippen molar-refractivity contribution >= 4 is 11.9 Å². The van der Waals surface area contributed by atoms with Gasteiger partial charge < -0.3 is 10.1 Å². The first kappa shape index (κ1) is 17.2. The number of carbonyl (C=O) groups excluding carboxylic acids is 2. The van der Waals surface area contributed by atoms with Crippen LogP contribution in [0.4, 0.5) is 4.79 Å². The molecule has 21 heavy (non-hydrogen) atoms. The maximum Gasteiger partial charge on any atom is 0.408 e. The highest BCUT2D eigenvalue weighted by molar-refractivity contribution is 5.94. The molecule has 1 N–H and O–H groups in total. The van der Waals surface area contributed by atoms with E-state index in [0.717, 1.165) is 18.4 Å². The number of alkyl carbamates (subject to hydrolysis) is 1. The lowest BCUT2D eigenvalue weighted by atomic mass is 10.00. The van der Waals surface area contributed by atoms with E-state index >= 15 is 0 Å². The quantitative estimate of drug-likeness (QED) is 0.825. The van der Waals surface area contributed by atoms with Gasteiger partial charge in [0.2, 0.25) is 0 Å². The molecule has 1 aromatic carbocycles. The standard InChI is InChI=1S/C17H25NO3/c1-6-7-15(18-16(20)21-17(3,4)5)14-10-8-13(9-11-14)12(2)19/h8-11,15H,6-7H2,1-5H3,(H,18,20). The van der Waals surface area contributed by atoms with E-state index in [-0.39, 0.29) is 11.8 Å². The molecule has 4 nitrogen and oxygen atoms in total. The molecular weight excluding hydrogens is 266 g/mol. The van der Waals surface area contributed by atoms with E-state index in [9.17, 15) is 9.59 Å². The number of amides is 1. The highest BCUT2D eigenvalue weighted by Crippen LogP contribution is 2.20. The summed E-state index contributed by atoms with van der Waals surface area (Å²) in [6, 6.07) is 7.24. The van der Waals surface area contributed by atoms with E-state index < -0.39 is 11.7 Å². The Labute approximate surface area is 126 Å². The molecule has 1 amide bonds. The van der Waals surface area contributed by atoms with Gasteiger partial charge in [-0.1, -0.05) is 37.6 Å². The molecule has 1 aromatic rings. The van der Waals surface area contributed by atoms with Crippen LogP contribution in [0.2, 0.25) is 0 Å². The average Bonchev–Trinajstić information content (AvgIpc) is 2.36. The van der Waals surface area contributed by atoms with Gasteiger partial charge in [0.1, 0.15) is 5.60 Å². The minimum Gasteiger partial charge on any atom is -0.444 e. The van der Waals surface area contributed by atoms with Gasteiger partial charge in [0.05, 0.1) is 6.04 Å². The molecule has 0 aliphatic carbocycles. The Bertz CT molecular complexity index is 486. The van der Waals surface area contributed by atoms with Crippen LogP contribution in [0.3, 0.4) is 0 Å². The van der Waals surface area contributed by atoms with Crippen molar-refractivity contribution < 1.29 is 14.3 Å². The highest BCUT2D eigenvalue weighted by Gasteiger charge is 2.20. The molecular formula is C17H25NO3. The van der Waals surface area contributed by atoms with Crippen LogP contribution in [-0.2, 0) is 4.74 Å².